The zero-order chi connectivity index (χ0) is 20.0. The molecule has 1 aromatic carbocycles. The summed E-state index contributed by atoms with van der Waals surface area (Å²) < 4.78 is 39.7. The summed E-state index contributed by atoms with van der Waals surface area (Å²) in [6.07, 6.45) is 2.01. The Morgan fingerprint density at radius 2 is 2.04 bits per heavy atom. The second-order valence-corrected chi connectivity index (χ2v) is 6.30. The first-order valence-electron chi connectivity index (χ1n) is 8.49. The van der Waals surface area contributed by atoms with E-state index in [0.717, 1.165) is 25.0 Å². The number of aliphatic imine (C=N–C) groups is 1. The Balaban J connectivity index is 1.91. The number of amides is 2. The van der Waals surface area contributed by atoms with Crippen LogP contribution in [0.2, 0.25) is 0 Å². The Morgan fingerprint density at radius 1 is 1.30 bits per heavy atom. The van der Waals surface area contributed by atoms with Crippen molar-refractivity contribution in [3.05, 3.63) is 29.6 Å². The van der Waals surface area contributed by atoms with Gasteiger partial charge in [-0.3, -0.25) is 14.6 Å². The minimum Gasteiger partial charge on any atom is -0.370 e. The molecule has 7 nitrogen and oxygen atoms in total. The van der Waals surface area contributed by atoms with Crippen LogP contribution < -0.4 is 16.4 Å². The third-order valence-electron chi connectivity index (χ3n) is 4.24. The van der Waals surface area contributed by atoms with Crippen molar-refractivity contribution in [2.45, 2.75) is 19.3 Å². The van der Waals surface area contributed by atoms with Crippen LogP contribution >= 0.6 is 0 Å². The summed E-state index contributed by atoms with van der Waals surface area (Å²) in [5, 5.41) is 5.01. The number of piperidine rings is 1. The summed E-state index contributed by atoms with van der Waals surface area (Å²) in [5.74, 6) is -4.89. The molecule has 1 saturated heterocycles. The predicted octanol–water partition coefficient (Wildman–Crippen LogP) is 1.21. The molecule has 1 aliphatic rings. The first kappa shape index (κ1) is 20.5. The monoisotopic (exact) mass is 385 g/mol. The van der Waals surface area contributed by atoms with E-state index in [9.17, 15) is 22.8 Å². The number of guanidine groups is 1. The third-order valence-corrected chi connectivity index (χ3v) is 4.24. The summed E-state index contributed by atoms with van der Waals surface area (Å²) in [6.45, 7) is 1.03. The molecule has 0 bridgehead atoms. The van der Waals surface area contributed by atoms with Crippen LogP contribution in [0, 0.1) is 23.4 Å². The molecule has 10 heteroatoms. The van der Waals surface area contributed by atoms with E-state index in [-0.39, 0.29) is 24.8 Å². The van der Waals surface area contributed by atoms with E-state index in [1.54, 1.807) is 7.05 Å². The number of rotatable bonds is 5. The van der Waals surface area contributed by atoms with E-state index in [0.29, 0.717) is 19.0 Å². The zero-order valence-electron chi connectivity index (χ0n) is 14.9. The molecule has 0 radical (unpaired) electrons. The Morgan fingerprint density at radius 3 is 2.70 bits per heavy atom. The predicted molar refractivity (Wildman–Crippen MR) is 94.4 cm³/mol. The molecule has 148 valence electrons. The quantitative estimate of drug-likeness (QED) is 0.403. The van der Waals surface area contributed by atoms with E-state index in [1.807, 2.05) is 4.90 Å². The Hall–Kier alpha value is -2.78. The Bertz CT molecular complexity index is 742. The molecule has 1 aromatic rings. The molecule has 27 heavy (non-hydrogen) atoms. The maximum absolute atomic E-state index is 13.6. The average Bonchev–Trinajstić information content (AvgIpc) is 2.62. The SMILES string of the molecule is CN=C(NCC(=O)Nc1ccc(F)c(F)c1F)N1CCCC(CC(N)=O)C1. The minimum atomic E-state index is -1.65. The van der Waals surface area contributed by atoms with E-state index >= 15 is 0 Å². The molecule has 2 rings (SSSR count). The highest BCUT2D eigenvalue weighted by Crippen LogP contribution is 2.20. The standard InChI is InChI=1S/C17H22F3N5O2/c1-22-17(25-6-2-3-10(9-25)7-13(21)26)23-8-14(27)24-12-5-4-11(18)15(19)16(12)20/h4-5,10H,2-3,6-9H2,1H3,(H2,21,26)(H,22,23)(H,24,27). The van der Waals surface area contributed by atoms with Crippen LogP contribution in [0.25, 0.3) is 0 Å². The maximum atomic E-state index is 13.6. The second kappa shape index (κ2) is 9.24. The largest absolute Gasteiger partial charge is 0.370 e. The smallest absolute Gasteiger partial charge is 0.243 e. The molecule has 1 atom stereocenters. The molecule has 1 aliphatic heterocycles. The first-order chi connectivity index (χ1) is 12.8. The van der Waals surface area contributed by atoms with Gasteiger partial charge in [-0.25, -0.2) is 13.2 Å². The van der Waals surface area contributed by atoms with Gasteiger partial charge in [-0.1, -0.05) is 0 Å². The van der Waals surface area contributed by atoms with E-state index in [1.165, 1.54) is 0 Å². The zero-order valence-corrected chi connectivity index (χ0v) is 14.9. The number of carbonyl (C=O) groups is 2. The molecule has 1 fully saturated rings. The van der Waals surface area contributed by atoms with Gasteiger partial charge in [0.25, 0.3) is 0 Å². The van der Waals surface area contributed by atoms with Crippen molar-refractivity contribution in [1.29, 1.82) is 0 Å². The Labute approximate surface area is 154 Å². The van der Waals surface area contributed by atoms with E-state index in [4.69, 9.17) is 5.73 Å². The van der Waals surface area contributed by atoms with Crippen LogP contribution in [0.15, 0.2) is 17.1 Å². The molecular formula is C17H22F3N5O2. The molecule has 0 spiro atoms. The number of hydrogen-bond donors (Lipinski definition) is 3. The number of nitrogens with two attached hydrogens (primary N) is 1. The number of likely N-dealkylation sites (tertiary alicyclic amines) is 1. The van der Waals surface area contributed by atoms with Crippen molar-refractivity contribution in [1.82, 2.24) is 10.2 Å². The number of primary amides is 1. The highest BCUT2D eigenvalue weighted by molar-refractivity contribution is 5.95. The van der Waals surface area contributed by atoms with Crippen molar-refractivity contribution in [3.63, 3.8) is 0 Å². The van der Waals surface area contributed by atoms with Crippen molar-refractivity contribution in [2.75, 3.05) is 32.0 Å². The van der Waals surface area contributed by atoms with Gasteiger partial charge in [0.1, 0.15) is 0 Å². The number of hydrogen-bond acceptors (Lipinski definition) is 3. The van der Waals surface area contributed by atoms with Gasteiger partial charge < -0.3 is 21.3 Å². The number of nitrogens with zero attached hydrogens (tertiary/aromatic N) is 2. The number of halogens is 3. The summed E-state index contributed by atoms with van der Waals surface area (Å²) in [5.41, 5.74) is 4.80. The molecule has 0 saturated carbocycles. The normalized spacial score (nSPS) is 17.6. The summed E-state index contributed by atoms with van der Waals surface area (Å²) in [7, 11) is 1.55. The van der Waals surface area contributed by atoms with E-state index < -0.39 is 29.0 Å². The highest BCUT2D eigenvalue weighted by Gasteiger charge is 2.24. The molecule has 0 aromatic heterocycles. The molecule has 0 aliphatic carbocycles. The van der Waals surface area contributed by atoms with Crippen molar-refractivity contribution in [2.24, 2.45) is 16.6 Å². The summed E-state index contributed by atoms with van der Waals surface area (Å²) in [6, 6.07) is 1.67. The van der Waals surface area contributed by atoms with Gasteiger partial charge in [0.2, 0.25) is 11.8 Å². The molecular weight excluding hydrogens is 363 g/mol. The highest BCUT2D eigenvalue weighted by atomic mass is 19.2. The topological polar surface area (TPSA) is 99.8 Å². The van der Waals surface area contributed by atoms with Crippen LogP contribution in [-0.4, -0.2) is 49.4 Å². The lowest BCUT2D eigenvalue weighted by Crippen LogP contribution is -2.48. The van der Waals surface area contributed by atoms with Crippen molar-refractivity contribution >= 4 is 23.5 Å². The summed E-state index contributed by atoms with van der Waals surface area (Å²) in [4.78, 5) is 29.1. The number of nitrogens with one attached hydrogen (secondary N) is 2. The van der Waals surface area contributed by atoms with Gasteiger partial charge in [-0.2, -0.15) is 0 Å². The minimum absolute atomic E-state index is 0.111. The lowest BCUT2D eigenvalue weighted by Gasteiger charge is -2.34. The fourth-order valence-electron chi connectivity index (χ4n) is 3.02. The van der Waals surface area contributed by atoms with Crippen LogP contribution in [0.4, 0.5) is 18.9 Å². The number of anilines is 1. The molecule has 1 heterocycles. The number of benzene rings is 1. The maximum Gasteiger partial charge on any atom is 0.243 e. The fourth-order valence-corrected chi connectivity index (χ4v) is 3.02. The van der Waals surface area contributed by atoms with Crippen molar-refractivity contribution in [3.8, 4) is 0 Å². The summed E-state index contributed by atoms with van der Waals surface area (Å²) >= 11 is 0. The average molecular weight is 385 g/mol. The van der Waals surface area contributed by atoms with Crippen molar-refractivity contribution < 1.29 is 22.8 Å². The van der Waals surface area contributed by atoms with Gasteiger partial charge >= 0.3 is 0 Å². The van der Waals surface area contributed by atoms with Crippen LogP contribution in [0.1, 0.15) is 19.3 Å². The second-order valence-electron chi connectivity index (χ2n) is 6.30. The first-order valence-corrected chi connectivity index (χ1v) is 8.49. The van der Waals surface area contributed by atoms with Gasteiger partial charge in [-0.15, -0.1) is 0 Å². The van der Waals surface area contributed by atoms with Gasteiger partial charge in [0.15, 0.2) is 23.4 Å². The molecule has 4 N–H and O–H groups in total. The third kappa shape index (κ3) is 5.60. The van der Waals surface area contributed by atoms with Crippen LogP contribution in [0.5, 0.6) is 0 Å². The number of carbonyl (C=O) groups excluding carboxylic acids is 2. The Kier molecular flexibility index (Phi) is 7.03. The van der Waals surface area contributed by atoms with Gasteiger partial charge in [0, 0.05) is 26.6 Å². The van der Waals surface area contributed by atoms with Gasteiger partial charge in [-0.05, 0) is 30.9 Å². The molecule has 2 amide bonds. The van der Waals surface area contributed by atoms with Crippen LogP contribution in [-0.2, 0) is 9.59 Å². The fraction of sp³-hybridized carbons (Fsp3) is 0.471. The van der Waals surface area contributed by atoms with Gasteiger partial charge in [0.05, 0.1) is 12.2 Å². The lowest BCUT2D eigenvalue weighted by atomic mass is 9.95. The molecule has 1 unspecified atom stereocenters. The lowest BCUT2D eigenvalue weighted by molar-refractivity contribution is -0.119. The van der Waals surface area contributed by atoms with Crippen LogP contribution in [0.3, 0.4) is 0 Å². The van der Waals surface area contributed by atoms with E-state index in [2.05, 4.69) is 15.6 Å².